The summed E-state index contributed by atoms with van der Waals surface area (Å²) in [5.41, 5.74) is 2.93. The fourth-order valence-electron chi connectivity index (χ4n) is 1.63. The zero-order valence-electron chi connectivity index (χ0n) is 9.98. The lowest BCUT2D eigenvalue weighted by molar-refractivity contribution is 1.30. The van der Waals surface area contributed by atoms with Crippen LogP contribution < -0.4 is 0 Å². The van der Waals surface area contributed by atoms with E-state index in [0.717, 1.165) is 32.4 Å². The van der Waals surface area contributed by atoms with Crippen molar-refractivity contribution in [1.29, 1.82) is 5.26 Å². The second-order valence-electron chi connectivity index (χ2n) is 3.99. The Bertz CT molecular complexity index is 602. The highest BCUT2D eigenvalue weighted by atomic mass is 35.5. The first-order chi connectivity index (χ1) is 8.70. The average molecular weight is 274 g/mol. The molecule has 0 aliphatic rings. The summed E-state index contributed by atoms with van der Waals surface area (Å²) in [4.78, 5) is 1.00. The number of halogens is 1. The summed E-state index contributed by atoms with van der Waals surface area (Å²) in [6, 6.07) is 16.0. The first-order valence-corrected chi connectivity index (χ1v) is 6.94. The number of hydrogen-bond donors (Lipinski definition) is 0. The first kappa shape index (κ1) is 13.0. The Hall–Kier alpha value is -1.43. The molecule has 0 N–H and O–H groups in total. The molecule has 0 saturated heterocycles. The number of nitriles is 1. The molecule has 3 heteroatoms. The molecule has 90 valence electrons. The molecule has 0 radical (unpaired) electrons. The van der Waals surface area contributed by atoms with Gasteiger partial charge in [-0.1, -0.05) is 35.9 Å². The van der Waals surface area contributed by atoms with Crippen LogP contribution in [0.25, 0.3) is 0 Å². The summed E-state index contributed by atoms with van der Waals surface area (Å²) in [6.45, 7) is 1.99. The molecular formula is C15H12ClNS. The summed E-state index contributed by atoms with van der Waals surface area (Å²) in [6.07, 6.45) is 0. The molecule has 0 bridgehead atoms. The highest BCUT2D eigenvalue weighted by Crippen LogP contribution is 2.29. The smallest absolute Gasteiger partial charge is 0.100 e. The van der Waals surface area contributed by atoms with Gasteiger partial charge in [-0.05, 0) is 36.2 Å². The lowest BCUT2D eigenvalue weighted by atomic mass is 10.2. The van der Waals surface area contributed by atoms with Gasteiger partial charge in [0.15, 0.2) is 0 Å². The molecule has 1 nitrogen and oxygen atoms in total. The van der Waals surface area contributed by atoms with Gasteiger partial charge >= 0.3 is 0 Å². The SMILES string of the molecule is Cc1ccc(SCc2ccccc2Cl)c(C#N)c1. The van der Waals surface area contributed by atoms with Gasteiger partial charge in [-0.25, -0.2) is 0 Å². The Morgan fingerprint density at radius 1 is 1.22 bits per heavy atom. The molecule has 0 saturated carbocycles. The van der Waals surface area contributed by atoms with Gasteiger partial charge in [0.05, 0.1) is 5.56 Å². The van der Waals surface area contributed by atoms with Crippen molar-refractivity contribution in [1.82, 2.24) is 0 Å². The van der Waals surface area contributed by atoms with E-state index in [1.54, 1.807) is 11.8 Å². The maximum atomic E-state index is 9.11. The van der Waals surface area contributed by atoms with Crippen LogP contribution in [-0.4, -0.2) is 0 Å². The molecule has 0 heterocycles. The second kappa shape index (κ2) is 5.95. The van der Waals surface area contributed by atoms with Crippen molar-refractivity contribution < 1.29 is 0 Å². The minimum Gasteiger partial charge on any atom is -0.192 e. The molecule has 0 aliphatic heterocycles. The molecular weight excluding hydrogens is 262 g/mol. The van der Waals surface area contributed by atoms with Crippen molar-refractivity contribution in [2.45, 2.75) is 17.6 Å². The molecule has 2 aromatic rings. The molecule has 0 unspecified atom stereocenters. The third-order valence-electron chi connectivity index (χ3n) is 2.60. The second-order valence-corrected chi connectivity index (χ2v) is 5.42. The topological polar surface area (TPSA) is 23.8 Å². The average Bonchev–Trinajstić information content (AvgIpc) is 2.39. The summed E-state index contributed by atoms with van der Waals surface area (Å²) in [7, 11) is 0. The van der Waals surface area contributed by atoms with E-state index in [1.807, 2.05) is 49.4 Å². The molecule has 0 amide bonds. The molecule has 0 atom stereocenters. The predicted octanol–water partition coefficient (Wildman–Crippen LogP) is 4.81. The zero-order valence-corrected chi connectivity index (χ0v) is 11.6. The Labute approximate surface area is 116 Å². The van der Waals surface area contributed by atoms with Crippen LogP contribution in [0.3, 0.4) is 0 Å². The molecule has 2 rings (SSSR count). The Morgan fingerprint density at radius 3 is 2.72 bits per heavy atom. The number of benzene rings is 2. The highest BCUT2D eigenvalue weighted by molar-refractivity contribution is 7.98. The minimum absolute atomic E-state index is 0.729. The first-order valence-electron chi connectivity index (χ1n) is 5.57. The van der Waals surface area contributed by atoms with Crippen molar-refractivity contribution in [3.8, 4) is 6.07 Å². The lowest BCUT2D eigenvalue weighted by Gasteiger charge is -2.06. The van der Waals surface area contributed by atoms with Crippen LogP contribution in [0.4, 0.5) is 0 Å². The zero-order chi connectivity index (χ0) is 13.0. The molecule has 0 spiro atoms. The molecule has 0 fully saturated rings. The summed E-state index contributed by atoms with van der Waals surface area (Å²) in [5, 5.41) is 9.88. The number of aryl methyl sites for hydroxylation is 1. The van der Waals surface area contributed by atoms with Crippen LogP contribution in [0.1, 0.15) is 16.7 Å². The predicted molar refractivity (Wildman–Crippen MR) is 76.9 cm³/mol. The van der Waals surface area contributed by atoms with E-state index in [-0.39, 0.29) is 0 Å². The van der Waals surface area contributed by atoms with Crippen molar-refractivity contribution in [3.63, 3.8) is 0 Å². The van der Waals surface area contributed by atoms with Crippen LogP contribution in [0.2, 0.25) is 5.02 Å². The van der Waals surface area contributed by atoms with Gasteiger partial charge < -0.3 is 0 Å². The van der Waals surface area contributed by atoms with Crippen molar-refractivity contribution in [2.24, 2.45) is 0 Å². The molecule has 2 aromatic carbocycles. The number of rotatable bonds is 3. The third-order valence-corrected chi connectivity index (χ3v) is 4.09. The van der Waals surface area contributed by atoms with Crippen molar-refractivity contribution >= 4 is 23.4 Å². The fraction of sp³-hybridized carbons (Fsp3) is 0.133. The van der Waals surface area contributed by atoms with Crippen LogP contribution in [0, 0.1) is 18.3 Å². The summed E-state index contributed by atoms with van der Waals surface area (Å²) < 4.78 is 0. The number of thioether (sulfide) groups is 1. The van der Waals surface area contributed by atoms with E-state index >= 15 is 0 Å². The van der Waals surface area contributed by atoms with Crippen molar-refractivity contribution in [3.05, 3.63) is 64.2 Å². The van der Waals surface area contributed by atoms with Gasteiger partial charge in [0.2, 0.25) is 0 Å². The van der Waals surface area contributed by atoms with E-state index in [9.17, 15) is 0 Å². The minimum atomic E-state index is 0.729. The van der Waals surface area contributed by atoms with Crippen LogP contribution in [0.5, 0.6) is 0 Å². The highest BCUT2D eigenvalue weighted by Gasteiger charge is 2.05. The number of nitrogens with zero attached hydrogens (tertiary/aromatic N) is 1. The van der Waals surface area contributed by atoms with Crippen LogP contribution in [-0.2, 0) is 5.75 Å². The summed E-state index contributed by atoms with van der Waals surface area (Å²) >= 11 is 7.75. The molecule has 18 heavy (non-hydrogen) atoms. The van der Waals surface area contributed by atoms with Gasteiger partial charge in [-0.15, -0.1) is 11.8 Å². The largest absolute Gasteiger partial charge is 0.192 e. The lowest BCUT2D eigenvalue weighted by Crippen LogP contribution is -1.86. The van der Waals surface area contributed by atoms with Crippen molar-refractivity contribution in [2.75, 3.05) is 0 Å². The van der Waals surface area contributed by atoms with E-state index < -0.39 is 0 Å². The maximum absolute atomic E-state index is 9.11. The number of hydrogen-bond acceptors (Lipinski definition) is 2. The maximum Gasteiger partial charge on any atom is 0.100 e. The molecule has 0 aromatic heterocycles. The Morgan fingerprint density at radius 2 is 2.00 bits per heavy atom. The standard InChI is InChI=1S/C15H12ClNS/c1-11-6-7-15(13(8-11)9-17)18-10-12-4-2-3-5-14(12)16/h2-8H,10H2,1H3. The van der Waals surface area contributed by atoms with Gasteiger partial charge in [-0.2, -0.15) is 5.26 Å². The van der Waals surface area contributed by atoms with E-state index in [1.165, 1.54) is 0 Å². The summed E-state index contributed by atoms with van der Waals surface area (Å²) in [5.74, 6) is 0.775. The molecule has 0 aliphatic carbocycles. The van der Waals surface area contributed by atoms with Gasteiger partial charge in [0.25, 0.3) is 0 Å². The monoisotopic (exact) mass is 273 g/mol. The normalized spacial score (nSPS) is 10.1. The van der Waals surface area contributed by atoms with Crippen LogP contribution >= 0.6 is 23.4 Å². The van der Waals surface area contributed by atoms with E-state index in [0.29, 0.717) is 0 Å². The van der Waals surface area contributed by atoms with Gasteiger partial charge in [0, 0.05) is 15.7 Å². The van der Waals surface area contributed by atoms with Gasteiger partial charge in [0.1, 0.15) is 6.07 Å². The Kier molecular flexibility index (Phi) is 4.30. The van der Waals surface area contributed by atoms with Gasteiger partial charge in [-0.3, -0.25) is 0 Å². The van der Waals surface area contributed by atoms with Crippen LogP contribution in [0.15, 0.2) is 47.4 Å². The fourth-order valence-corrected chi connectivity index (χ4v) is 2.90. The Balaban J connectivity index is 2.16. The quantitative estimate of drug-likeness (QED) is 0.749. The van der Waals surface area contributed by atoms with E-state index in [2.05, 4.69) is 6.07 Å². The third kappa shape index (κ3) is 3.07. The van der Waals surface area contributed by atoms with E-state index in [4.69, 9.17) is 16.9 Å².